The van der Waals surface area contributed by atoms with Crippen molar-refractivity contribution in [3.05, 3.63) is 77.1 Å². The lowest BCUT2D eigenvalue weighted by Crippen LogP contribution is -2.31. The van der Waals surface area contributed by atoms with Gasteiger partial charge < -0.3 is 20.3 Å². The second-order valence-corrected chi connectivity index (χ2v) is 8.40. The maximum absolute atomic E-state index is 15.1. The van der Waals surface area contributed by atoms with Gasteiger partial charge in [-0.05, 0) is 55.8 Å². The molecule has 0 radical (unpaired) electrons. The van der Waals surface area contributed by atoms with Crippen LogP contribution in [0, 0.1) is 23.6 Å². The average Bonchev–Trinajstić information content (AvgIpc) is 3.15. The van der Waals surface area contributed by atoms with Crippen molar-refractivity contribution < 1.29 is 23.4 Å². The fourth-order valence-electron chi connectivity index (χ4n) is 3.97. The van der Waals surface area contributed by atoms with E-state index in [1.165, 1.54) is 26.1 Å². The maximum atomic E-state index is 15.1. The van der Waals surface area contributed by atoms with Gasteiger partial charge in [0.1, 0.15) is 18.0 Å². The summed E-state index contributed by atoms with van der Waals surface area (Å²) in [6.07, 6.45) is 1.37. The minimum Gasteiger partial charge on any atom is -0.462 e. The number of amidine groups is 1. The molecule has 33 heavy (non-hydrogen) atoms. The molecule has 1 atom stereocenters. The average molecular weight is 447 g/mol. The van der Waals surface area contributed by atoms with E-state index in [2.05, 4.69) is 21.8 Å². The Morgan fingerprint density at radius 1 is 1.15 bits per heavy atom. The molecule has 166 valence electrons. The Balaban J connectivity index is 1.73. The van der Waals surface area contributed by atoms with Crippen LogP contribution in [0.2, 0.25) is 0 Å². The number of aliphatic imine (C=N–C) groups is 1. The number of pyridine rings is 1. The predicted molar refractivity (Wildman–Crippen MR) is 118 cm³/mol. The van der Waals surface area contributed by atoms with E-state index in [1.54, 1.807) is 36.4 Å². The topological polar surface area (TPSA) is 90.0 Å². The van der Waals surface area contributed by atoms with E-state index < -0.39 is 22.9 Å². The van der Waals surface area contributed by atoms with Crippen molar-refractivity contribution in [1.82, 2.24) is 4.98 Å². The van der Waals surface area contributed by atoms with Gasteiger partial charge >= 0.3 is 0 Å². The number of hydrogen-bond donors (Lipinski definition) is 2. The van der Waals surface area contributed by atoms with Crippen molar-refractivity contribution >= 4 is 6.02 Å². The molecule has 0 bridgehead atoms. The van der Waals surface area contributed by atoms with E-state index >= 15 is 4.39 Å². The van der Waals surface area contributed by atoms with Crippen LogP contribution in [-0.2, 0) is 10.3 Å². The van der Waals surface area contributed by atoms with E-state index in [0.29, 0.717) is 33.6 Å². The van der Waals surface area contributed by atoms with Gasteiger partial charge in [0.25, 0.3) is 6.02 Å². The minimum atomic E-state index is -1.26. The molecule has 5 rings (SSSR count). The summed E-state index contributed by atoms with van der Waals surface area (Å²) in [6.45, 7) is 3.07. The first-order valence-corrected chi connectivity index (χ1v) is 10.2. The number of ether oxygens (including phenoxy) is 2. The van der Waals surface area contributed by atoms with Crippen LogP contribution in [0.4, 0.5) is 8.78 Å². The second kappa shape index (κ2) is 7.29. The number of aliphatic hydroxyl groups is 1. The number of hydrogen-bond acceptors (Lipinski definition) is 6. The smallest absolute Gasteiger partial charge is 0.283 e. The molecule has 3 N–H and O–H groups in total. The Hall–Kier alpha value is -3.96. The summed E-state index contributed by atoms with van der Waals surface area (Å²) in [6, 6.07) is 11.1. The monoisotopic (exact) mass is 447 g/mol. The van der Waals surface area contributed by atoms with Gasteiger partial charge in [0.15, 0.2) is 17.1 Å². The van der Waals surface area contributed by atoms with E-state index in [4.69, 9.17) is 15.2 Å². The van der Waals surface area contributed by atoms with Crippen LogP contribution in [-0.4, -0.2) is 28.3 Å². The zero-order chi connectivity index (χ0) is 23.4. The molecule has 0 amide bonds. The molecule has 0 saturated carbocycles. The molecule has 8 heteroatoms. The molecule has 0 unspecified atom stereocenters. The summed E-state index contributed by atoms with van der Waals surface area (Å²) in [7, 11) is 0. The van der Waals surface area contributed by atoms with Crippen molar-refractivity contribution in [2.45, 2.75) is 25.0 Å². The number of nitrogens with two attached hydrogens (primary N) is 1. The third kappa shape index (κ3) is 3.56. The third-order valence-electron chi connectivity index (χ3n) is 5.44. The summed E-state index contributed by atoms with van der Waals surface area (Å²) >= 11 is 0. The summed E-state index contributed by atoms with van der Waals surface area (Å²) in [4.78, 5) is 8.24. The standard InChI is InChI=1S/C25H19F2N3O3/c1-24(2,31)8-7-14-10-18-21(19(26)11-14)33-20-6-5-15(16-4-3-9-29-22(16)27)12-17(20)25(18)13-32-23(28)30-25/h3-6,9-12,31H,13H2,1-2H3,(H2,28,30)/t25-/m0/s1. The van der Waals surface area contributed by atoms with Gasteiger partial charge in [-0.2, -0.15) is 4.39 Å². The number of rotatable bonds is 1. The van der Waals surface area contributed by atoms with Crippen molar-refractivity contribution in [1.29, 1.82) is 0 Å². The van der Waals surface area contributed by atoms with Gasteiger partial charge in [-0.3, -0.25) is 0 Å². The molecule has 3 heterocycles. The Morgan fingerprint density at radius 3 is 2.67 bits per heavy atom. The lowest BCUT2D eigenvalue weighted by molar-refractivity contribution is 0.143. The van der Waals surface area contributed by atoms with Crippen molar-refractivity contribution in [3.8, 4) is 34.5 Å². The van der Waals surface area contributed by atoms with Crippen LogP contribution < -0.4 is 10.5 Å². The van der Waals surface area contributed by atoms with E-state index in [-0.39, 0.29) is 18.4 Å². The maximum Gasteiger partial charge on any atom is 0.283 e. The Labute approximate surface area is 188 Å². The first-order chi connectivity index (χ1) is 15.7. The first-order valence-electron chi connectivity index (χ1n) is 10.2. The van der Waals surface area contributed by atoms with Gasteiger partial charge in [-0.15, -0.1) is 0 Å². The summed E-state index contributed by atoms with van der Waals surface area (Å²) in [5, 5.41) is 9.93. The molecule has 0 aliphatic carbocycles. The Bertz CT molecular complexity index is 1390. The molecule has 2 aliphatic rings. The van der Waals surface area contributed by atoms with Gasteiger partial charge in [0.05, 0.1) is 0 Å². The van der Waals surface area contributed by atoms with Gasteiger partial charge in [0, 0.05) is 28.5 Å². The van der Waals surface area contributed by atoms with Gasteiger partial charge in [0.2, 0.25) is 5.95 Å². The number of benzene rings is 2. The zero-order valence-corrected chi connectivity index (χ0v) is 17.8. The molecule has 1 spiro atoms. The van der Waals surface area contributed by atoms with Crippen LogP contribution in [0.1, 0.15) is 30.5 Å². The fourth-order valence-corrected chi connectivity index (χ4v) is 3.97. The molecule has 2 aliphatic heterocycles. The van der Waals surface area contributed by atoms with Crippen molar-refractivity contribution in [3.63, 3.8) is 0 Å². The highest BCUT2D eigenvalue weighted by molar-refractivity contribution is 5.78. The molecular formula is C25H19F2N3O3. The second-order valence-electron chi connectivity index (χ2n) is 8.40. The van der Waals surface area contributed by atoms with Gasteiger partial charge in [-0.25, -0.2) is 14.4 Å². The fraction of sp³-hybridized carbons (Fsp3) is 0.200. The third-order valence-corrected chi connectivity index (χ3v) is 5.44. The van der Waals surface area contributed by atoms with Crippen LogP contribution >= 0.6 is 0 Å². The SMILES string of the molecule is CC(C)(O)C#Cc1cc(F)c2c(c1)[C@]1(COC(N)=N1)c1cc(-c3cccnc3F)ccc1O2. The highest BCUT2D eigenvalue weighted by Gasteiger charge is 2.48. The van der Waals surface area contributed by atoms with E-state index in [9.17, 15) is 9.50 Å². The minimum absolute atomic E-state index is 0.00296. The van der Waals surface area contributed by atoms with Crippen molar-refractivity contribution in [2.24, 2.45) is 10.7 Å². The first kappa shape index (κ1) is 20.9. The number of aromatic nitrogens is 1. The summed E-state index contributed by atoms with van der Waals surface area (Å²) < 4.78 is 40.9. The highest BCUT2D eigenvalue weighted by Crippen LogP contribution is 2.52. The molecule has 1 aromatic heterocycles. The highest BCUT2D eigenvalue weighted by atomic mass is 19.1. The Morgan fingerprint density at radius 2 is 1.97 bits per heavy atom. The predicted octanol–water partition coefficient (Wildman–Crippen LogP) is 3.84. The molecular weight excluding hydrogens is 428 g/mol. The lowest BCUT2D eigenvalue weighted by Gasteiger charge is -2.34. The molecule has 3 aromatic rings. The van der Waals surface area contributed by atoms with Crippen LogP contribution in [0.3, 0.4) is 0 Å². The van der Waals surface area contributed by atoms with E-state index in [1.807, 2.05) is 0 Å². The summed E-state index contributed by atoms with van der Waals surface area (Å²) in [5.74, 6) is 4.54. The number of halogens is 2. The molecule has 2 aromatic carbocycles. The molecule has 0 fully saturated rings. The van der Waals surface area contributed by atoms with Crippen LogP contribution in [0.5, 0.6) is 11.5 Å². The Kier molecular flexibility index (Phi) is 4.62. The van der Waals surface area contributed by atoms with Gasteiger partial charge in [-0.1, -0.05) is 17.9 Å². The normalized spacial score (nSPS) is 18.4. The van der Waals surface area contributed by atoms with Crippen molar-refractivity contribution in [2.75, 3.05) is 6.61 Å². The van der Waals surface area contributed by atoms with E-state index in [0.717, 1.165) is 0 Å². The largest absolute Gasteiger partial charge is 0.462 e. The number of nitrogens with zero attached hydrogens (tertiary/aromatic N) is 2. The molecule has 6 nitrogen and oxygen atoms in total. The molecule has 0 saturated heterocycles. The quantitative estimate of drug-likeness (QED) is 0.437. The summed E-state index contributed by atoms with van der Waals surface area (Å²) in [5.41, 5.74) is 5.51. The zero-order valence-electron chi connectivity index (χ0n) is 17.8. The lowest BCUT2D eigenvalue weighted by atomic mass is 9.79. The van der Waals surface area contributed by atoms with Crippen LogP contribution in [0.25, 0.3) is 11.1 Å². The number of fused-ring (bicyclic) bond motifs is 4. The van der Waals surface area contributed by atoms with Crippen LogP contribution in [0.15, 0.2) is 53.7 Å².